The van der Waals surface area contributed by atoms with Gasteiger partial charge in [0.25, 0.3) is 5.89 Å². The smallest absolute Gasteiger partial charge is 0.278 e. The summed E-state index contributed by atoms with van der Waals surface area (Å²) in [6.07, 6.45) is 3.63. The molecular formula is C21H17FN4O2S. The summed E-state index contributed by atoms with van der Waals surface area (Å²) >= 11 is 1.68. The number of fused-ring (bicyclic) bond motifs is 1. The van der Waals surface area contributed by atoms with Gasteiger partial charge in [0, 0.05) is 10.5 Å². The molecule has 1 atom stereocenters. The lowest BCUT2D eigenvalue weighted by Crippen LogP contribution is -2.20. The number of ether oxygens (including phenoxy) is 1. The zero-order chi connectivity index (χ0) is 19.8. The lowest BCUT2D eigenvalue weighted by Gasteiger charge is -2.25. The first kappa shape index (κ1) is 18.1. The minimum absolute atomic E-state index is 0.154. The Hall–Kier alpha value is -2.97. The number of rotatable bonds is 4. The molecule has 0 N–H and O–H groups in total. The number of hydrogen-bond donors (Lipinski definition) is 0. The molecule has 8 heteroatoms. The van der Waals surface area contributed by atoms with Crippen LogP contribution in [-0.4, -0.2) is 25.9 Å². The number of benzene rings is 2. The summed E-state index contributed by atoms with van der Waals surface area (Å²) in [4.78, 5) is 10.2. The summed E-state index contributed by atoms with van der Waals surface area (Å²) in [7, 11) is 0. The van der Waals surface area contributed by atoms with E-state index in [1.54, 1.807) is 30.2 Å². The molecule has 5 rings (SSSR count). The normalized spacial score (nSPS) is 16.0. The third-order valence-electron chi connectivity index (χ3n) is 4.95. The van der Waals surface area contributed by atoms with Gasteiger partial charge in [0.05, 0.1) is 25.2 Å². The maximum Gasteiger partial charge on any atom is 0.278 e. The Morgan fingerprint density at radius 3 is 2.66 bits per heavy atom. The largest absolute Gasteiger partial charge is 0.365 e. The van der Waals surface area contributed by atoms with Crippen molar-refractivity contribution in [1.29, 1.82) is 0 Å². The molecule has 0 amide bonds. The second-order valence-electron chi connectivity index (χ2n) is 6.70. The predicted octanol–water partition coefficient (Wildman–Crippen LogP) is 4.73. The van der Waals surface area contributed by atoms with Crippen molar-refractivity contribution in [2.24, 2.45) is 0 Å². The Bertz CT molecular complexity index is 1140. The van der Waals surface area contributed by atoms with Crippen LogP contribution in [0.3, 0.4) is 0 Å². The maximum atomic E-state index is 13.2. The highest BCUT2D eigenvalue weighted by Gasteiger charge is 2.26. The van der Waals surface area contributed by atoms with E-state index in [0.29, 0.717) is 30.6 Å². The van der Waals surface area contributed by atoms with E-state index in [1.807, 2.05) is 35.1 Å². The fraction of sp³-hybridized carbons (Fsp3) is 0.190. The van der Waals surface area contributed by atoms with Gasteiger partial charge in [-0.1, -0.05) is 17.3 Å². The van der Waals surface area contributed by atoms with Gasteiger partial charge in [-0.3, -0.25) is 0 Å². The van der Waals surface area contributed by atoms with Gasteiger partial charge in [-0.05, 0) is 48.2 Å². The van der Waals surface area contributed by atoms with E-state index in [1.165, 1.54) is 17.0 Å². The van der Waals surface area contributed by atoms with Gasteiger partial charge < -0.3 is 13.8 Å². The van der Waals surface area contributed by atoms with Gasteiger partial charge in [-0.25, -0.2) is 9.37 Å². The van der Waals surface area contributed by atoms with Gasteiger partial charge in [0.1, 0.15) is 11.9 Å². The average molecular weight is 408 g/mol. The third kappa shape index (κ3) is 3.45. The second kappa shape index (κ2) is 7.46. The van der Waals surface area contributed by atoms with E-state index in [-0.39, 0.29) is 11.9 Å². The molecule has 0 bridgehead atoms. The minimum atomic E-state index is -0.259. The SMILES string of the molecule is CSc1ccc(-c2noc(-c3ncn4c3CO[C@H](c3ccc(F)cc3)C4)n2)cc1. The van der Waals surface area contributed by atoms with Crippen molar-refractivity contribution in [2.45, 2.75) is 24.2 Å². The molecule has 6 nitrogen and oxygen atoms in total. The Balaban J connectivity index is 1.39. The third-order valence-corrected chi connectivity index (χ3v) is 5.69. The molecule has 2 aromatic carbocycles. The van der Waals surface area contributed by atoms with Crippen LogP contribution in [0, 0.1) is 5.82 Å². The first-order valence-electron chi connectivity index (χ1n) is 9.11. The molecule has 1 aliphatic heterocycles. The van der Waals surface area contributed by atoms with Crippen LogP contribution in [-0.2, 0) is 17.9 Å². The molecule has 0 saturated heterocycles. The van der Waals surface area contributed by atoms with Gasteiger partial charge in [0.2, 0.25) is 5.82 Å². The monoisotopic (exact) mass is 408 g/mol. The van der Waals surface area contributed by atoms with Crippen molar-refractivity contribution in [3.05, 3.63) is 71.9 Å². The van der Waals surface area contributed by atoms with Crippen molar-refractivity contribution < 1.29 is 13.7 Å². The zero-order valence-corrected chi connectivity index (χ0v) is 16.4. The minimum Gasteiger partial charge on any atom is -0.365 e. The number of halogens is 1. The Kier molecular flexibility index (Phi) is 4.65. The summed E-state index contributed by atoms with van der Waals surface area (Å²) < 4.78 is 26.6. The Morgan fingerprint density at radius 1 is 1.10 bits per heavy atom. The molecule has 0 radical (unpaired) electrons. The van der Waals surface area contributed by atoms with Crippen LogP contribution in [0.2, 0.25) is 0 Å². The fourth-order valence-corrected chi connectivity index (χ4v) is 3.77. The topological polar surface area (TPSA) is 66.0 Å². The molecule has 1 aliphatic rings. The fourth-order valence-electron chi connectivity index (χ4n) is 3.36. The predicted molar refractivity (Wildman–Crippen MR) is 107 cm³/mol. The quantitative estimate of drug-likeness (QED) is 0.455. The molecule has 4 aromatic rings. The average Bonchev–Trinajstić information content (AvgIpc) is 3.41. The summed E-state index contributed by atoms with van der Waals surface area (Å²) in [6, 6.07) is 14.4. The highest BCUT2D eigenvalue weighted by Crippen LogP contribution is 2.32. The number of thioether (sulfide) groups is 1. The number of nitrogens with zero attached hydrogens (tertiary/aromatic N) is 4. The highest BCUT2D eigenvalue weighted by atomic mass is 32.2. The molecule has 0 saturated carbocycles. The molecular weight excluding hydrogens is 391 g/mol. The summed E-state index contributed by atoms with van der Waals surface area (Å²) in [6.45, 7) is 0.947. The molecule has 3 heterocycles. The molecule has 0 spiro atoms. The van der Waals surface area contributed by atoms with E-state index in [4.69, 9.17) is 9.26 Å². The van der Waals surface area contributed by atoms with Crippen molar-refractivity contribution in [3.63, 3.8) is 0 Å². The van der Waals surface area contributed by atoms with Crippen LogP contribution >= 0.6 is 11.8 Å². The summed E-state index contributed by atoms with van der Waals surface area (Å²) in [5.41, 5.74) is 3.33. The van der Waals surface area contributed by atoms with Crippen LogP contribution in [0.1, 0.15) is 17.4 Å². The molecule has 0 aliphatic carbocycles. The van der Waals surface area contributed by atoms with Gasteiger partial charge >= 0.3 is 0 Å². The summed E-state index contributed by atoms with van der Waals surface area (Å²) in [5.74, 6) is 0.632. The van der Waals surface area contributed by atoms with E-state index >= 15 is 0 Å². The molecule has 29 heavy (non-hydrogen) atoms. The van der Waals surface area contributed by atoms with Crippen molar-refractivity contribution in [2.75, 3.05) is 6.26 Å². The van der Waals surface area contributed by atoms with Crippen molar-refractivity contribution in [3.8, 4) is 23.0 Å². The van der Waals surface area contributed by atoms with Crippen LogP contribution < -0.4 is 0 Å². The maximum absolute atomic E-state index is 13.2. The van der Waals surface area contributed by atoms with E-state index in [9.17, 15) is 4.39 Å². The van der Waals surface area contributed by atoms with Gasteiger partial charge in [-0.2, -0.15) is 4.98 Å². The number of hydrogen-bond acceptors (Lipinski definition) is 6. The number of imidazole rings is 1. The first-order valence-corrected chi connectivity index (χ1v) is 10.3. The molecule has 0 fully saturated rings. The Morgan fingerprint density at radius 2 is 1.90 bits per heavy atom. The molecule has 146 valence electrons. The van der Waals surface area contributed by atoms with Gasteiger partial charge in [-0.15, -0.1) is 11.8 Å². The van der Waals surface area contributed by atoms with Crippen molar-refractivity contribution >= 4 is 11.8 Å². The standard InChI is InChI=1S/C21H17FN4O2S/c1-29-16-8-4-14(5-9-16)20-24-21(28-25-20)19-17-11-27-18(10-26(17)12-23-19)13-2-6-15(22)7-3-13/h2-9,12,18H,10-11H2,1H3/t18-/m0/s1. The lowest BCUT2D eigenvalue weighted by molar-refractivity contribution is 0.00326. The highest BCUT2D eigenvalue weighted by molar-refractivity contribution is 7.98. The van der Waals surface area contributed by atoms with Crippen LogP contribution in [0.5, 0.6) is 0 Å². The van der Waals surface area contributed by atoms with Crippen LogP contribution in [0.15, 0.2) is 64.3 Å². The van der Waals surface area contributed by atoms with Crippen LogP contribution in [0.4, 0.5) is 4.39 Å². The first-order chi connectivity index (χ1) is 14.2. The van der Waals surface area contributed by atoms with Gasteiger partial charge in [0.15, 0.2) is 5.69 Å². The zero-order valence-electron chi connectivity index (χ0n) is 15.6. The Labute approximate surface area is 170 Å². The molecule has 2 aromatic heterocycles. The molecule has 0 unspecified atom stereocenters. The van der Waals surface area contributed by atoms with E-state index in [2.05, 4.69) is 15.1 Å². The van der Waals surface area contributed by atoms with Crippen LogP contribution in [0.25, 0.3) is 23.0 Å². The lowest BCUT2D eigenvalue weighted by atomic mass is 10.1. The van der Waals surface area contributed by atoms with E-state index in [0.717, 1.165) is 16.8 Å². The van der Waals surface area contributed by atoms with Crippen molar-refractivity contribution in [1.82, 2.24) is 19.7 Å². The second-order valence-corrected chi connectivity index (χ2v) is 7.57. The number of aromatic nitrogens is 4. The summed E-state index contributed by atoms with van der Waals surface area (Å²) in [5, 5.41) is 4.10. The van der Waals surface area contributed by atoms with E-state index < -0.39 is 0 Å².